The van der Waals surface area contributed by atoms with Gasteiger partial charge < -0.3 is 5.32 Å². The van der Waals surface area contributed by atoms with Gasteiger partial charge in [-0.15, -0.1) is 0 Å². The summed E-state index contributed by atoms with van der Waals surface area (Å²) in [5.41, 5.74) is 4.31. The predicted molar refractivity (Wildman–Crippen MR) is 73.6 cm³/mol. The molecular formula is C15H18FN3. The van der Waals surface area contributed by atoms with Crippen molar-refractivity contribution in [2.24, 2.45) is 7.05 Å². The van der Waals surface area contributed by atoms with Gasteiger partial charge in [-0.1, -0.05) is 12.1 Å². The average Bonchev–Trinajstić information content (AvgIpc) is 2.74. The van der Waals surface area contributed by atoms with E-state index in [0.717, 1.165) is 12.8 Å². The molecule has 0 aliphatic heterocycles. The van der Waals surface area contributed by atoms with Crippen LogP contribution in [0.2, 0.25) is 0 Å². The number of anilines is 1. The molecule has 0 radical (unpaired) electrons. The van der Waals surface area contributed by atoms with Gasteiger partial charge in [-0.25, -0.2) is 4.39 Å². The average molecular weight is 259 g/mol. The van der Waals surface area contributed by atoms with Gasteiger partial charge in [0.2, 0.25) is 0 Å². The lowest BCUT2D eigenvalue weighted by molar-refractivity contribution is 0.629. The van der Waals surface area contributed by atoms with Crippen LogP contribution in [0.5, 0.6) is 0 Å². The Balaban J connectivity index is 1.81. The molecule has 1 aromatic heterocycles. The monoisotopic (exact) mass is 259 g/mol. The number of benzene rings is 1. The van der Waals surface area contributed by atoms with Crippen molar-refractivity contribution in [2.75, 3.05) is 5.32 Å². The number of aryl methyl sites for hydroxylation is 2. The molecule has 0 saturated carbocycles. The lowest BCUT2D eigenvalue weighted by atomic mass is 9.96. The second kappa shape index (κ2) is 5.03. The highest BCUT2D eigenvalue weighted by Gasteiger charge is 2.18. The number of halogens is 1. The Hall–Kier alpha value is -1.84. The zero-order valence-electron chi connectivity index (χ0n) is 11.1. The summed E-state index contributed by atoms with van der Waals surface area (Å²) in [5.74, 6) is -0.210. The molecular weight excluding hydrogens is 241 g/mol. The molecule has 4 heteroatoms. The molecule has 3 nitrogen and oxygen atoms in total. The molecule has 1 aromatic carbocycles. The van der Waals surface area contributed by atoms with Crippen LogP contribution in [0.15, 0.2) is 24.3 Å². The molecule has 100 valence electrons. The quantitative estimate of drug-likeness (QED) is 0.918. The van der Waals surface area contributed by atoms with E-state index >= 15 is 0 Å². The third kappa shape index (κ3) is 2.35. The fourth-order valence-corrected chi connectivity index (χ4v) is 2.75. The van der Waals surface area contributed by atoms with Gasteiger partial charge in [-0.3, -0.25) is 4.68 Å². The maximum Gasteiger partial charge on any atom is 0.146 e. The van der Waals surface area contributed by atoms with Crippen molar-refractivity contribution < 1.29 is 4.39 Å². The van der Waals surface area contributed by atoms with E-state index in [1.807, 2.05) is 17.8 Å². The van der Waals surface area contributed by atoms with Gasteiger partial charge in [-0.05, 0) is 43.4 Å². The molecule has 0 spiro atoms. The van der Waals surface area contributed by atoms with Crippen molar-refractivity contribution in [3.05, 3.63) is 47.0 Å². The van der Waals surface area contributed by atoms with Crippen LogP contribution in [0.3, 0.4) is 0 Å². The molecule has 1 N–H and O–H groups in total. The van der Waals surface area contributed by atoms with E-state index in [0.29, 0.717) is 12.2 Å². The number of nitrogens with one attached hydrogen (secondary N) is 1. The number of aromatic nitrogens is 2. The van der Waals surface area contributed by atoms with Crippen molar-refractivity contribution in [3.8, 4) is 0 Å². The number of hydrogen-bond acceptors (Lipinski definition) is 2. The van der Waals surface area contributed by atoms with Crippen molar-refractivity contribution in [2.45, 2.75) is 32.2 Å². The van der Waals surface area contributed by atoms with E-state index in [4.69, 9.17) is 0 Å². The summed E-state index contributed by atoms with van der Waals surface area (Å²) in [4.78, 5) is 0. The fourth-order valence-electron chi connectivity index (χ4n) is 2.75. The number of para-hydroxylation sites is 1. The van der Waals surface area contributed by atoms with E-state index < -0.39 is 0 Å². The highest BCUT2D eigenvalue weighted by Crippen LogP contribution is 2.24. The highest BCUT2D eigenvalue weighted by atomic mass is 19.1. The van der Waals surface area contributed by atoms with Crippen LogP contribution >= 0.6 is 0 Å². The van der Waals surface area contributed by atoms with Crippen LogP contribution in [-0.2, 0) is 26.4 Å². The molecule has 0 bridgehead atoms. The Morgan fingerprint density at radius 3 is 2.89 bits per heavy atom. The smallest absolute Gasteiger partial charge is 0.146 e. The standard InChI is InChI=1S/C15H18FN3/c1-19-15(11-6-2-4-8-13(11)18-19)10-17-14-9-5-3-7-12(14)16/h3,5,7,9,17H,2,4,6,8,10H2,1H3. The molecule has 19 heavy (non-hydrogen) atoms. The number of fused-ring (bicyclic) bond motifs is 1. The van der Waals surface area contributed by atoms with Gasteiger partial charge >= 0.3 is 0 Å². The highest BCUT2D eigenvalue weighted by molar-refractivity contribution is 5.45. The summed E-state index contributed by atoms with van der Waals surface area (Å²) >= 11 is 0. The van der Waals surface area contributed by atoms with Crippen LogP contribution in [0, 0.1) is 5.82 Å². The van der Waals surface area contributed by atoms with Crippen molar-refractivity contribution in [1.82, 2.24) is 9.78 Å². The third-order valence-corrected chi connectivity index (χ3v) is 3.77. The second-order valence-electron chi connectivity index (χ2n) is 5.04. The molecule has 0 unspecified atom stereocenters. The maximum absolute atomic E-state index is 13.6. The SMILES string of the molecule is Cn1nc2c(c1CNc1ccccc1F)CCCC2. The number of rotatable bonds is 3. The zero-order valence-corrected chi connectivity index (χ0v) is 11.1. The Kier molecular flexibility index (Phi) is 3.23. The zero-order chi connectivity index (χ0) is 13.2. The predicted octanol–water partition coefficient (Wildman–Crippen LogP) is 3.05. The second-order valence-corrected chi connectivity index (χ2v) is 5.04. The van der Waals surface area contributed by atoms with Crippen molar-refractivity contribution in [1.29, 1.82) is 0 Å². The van der Waals surface area contributed by atoms with Crippen LogP contribution < -0.4 is 5.32 Å². The van der Waals surface area contributed by atoms with Gasteiger partial charge in [0.05, 0.1) is 23.6 Å². The van der Waals surface area contributed by atoms with E-state index in [2.05, 4.69) is 10.4 Å². The van der Waals surface area contributed by atoms with E-state index in [1.165, 1.54) is 35.9 Å². The first-order chi connectivity index (χ1) is 9.25. The van der Waals surface area contributed by atoms with Crippen LogP contribution in [0.4, 0.5) is 10.1 Å². The third-order valence-electron chi connectivity index (χ3n) is 3.77. The van der Waals surface area contributed by atoms with E-state index in [-0.39, 0.29) is 5.82 Å². The summed E-state index contributed by atoms with van der Waals surface area (Å²) < 4.78 is 15.5. The van der Waals surface area contributed by atoms with Crippen LogP contribution in [0.1, 0.15) is 29.8 Å². The molecule has 2 aromatic rings. The van der Waals surface area contributed by atoms with Crippen molar-refractivity contribution in [3.63, 3.8) is 0 Å². The Morgan fingerprint density at radius 1 is 1.26 bits per heavy atom. The van der Waals surface area contributed by atoms with Crippen LogP contribution in [0.25, 0.3) is 0 Å². The Labute approximate surface area is 112 Å². The molecule has 1 heterocycles. The van der Waals surface area contributed by atoms with Crippen molar-refractivity contribution >= 4 is 5.69 Å². The van der Waals surface area contributed by atoms with E-state index in [9.17, 15) is 4.39 Å². The fraction of sp³-hybridized carbons (Fsp3) is 0.400. The molecule has 3 rings (SSSR count). The lowest BCUT2D eigenvalue weighted by Gasteiger charge is -2.13. The lowest BCUT2D eigenvalue weighted by Crippen LogP contribution is -2.09. The maximum atomic E-state index is 13.6. The first-order valence-electron chi connectivity index (χ1n) is 6.77. The van der Waals surface area contributed by atoms with Gasteiger partial charge in [0, 0.05) is 7.05 Å². The van der Waals surface area contributed by atoms with Gasteiger partial charge in [0.1, 0.15) is 5.82 Å². The Morgan fingerprint density at radius 2 is 2.05 bits per heavy atom. The summed E-state index contributed by atoms with van der Waals surface area (Å²) in [7, 11) is 1.97. The van der Waals surface area contributed by atoms with Gasteiger partial charge in [-0.2, -0.15) is 5.10 Å². The summed E-state index contributed by atoms with van der Waals surface area (Å²) in [6, 6.07) is 6.77. The molecule has 0 amide bonds. The van der Waals surface area contributed by atoms with Crippen LogP contribution in [-0.4, -0.2) is 9.78 Å². The molecule has 0 saturated heterocycles. The molecule has 0 atom stereocenters. The number of hydrogen-bond donors (Lipinski definition) is 1. The topological polar surface area (TPSA) is 29.9 Å². The first kappa shape index (κ1) is 12.2. The minimum absolute atomic E-state index is 0.210. The summed E-state index contributed by atoms with van der Waals surface area (Å²) in [5, 5.41) is 7.74. The number of nitrogens with zero attached hydrogens (tertiary/aromatic N) is 2. The molecule has 1 aliphatic rings. The minimum atomic E-state index is -0.210. The molecule has 1 aliphatic carbocycles. The summed E-state index contributed by atoms with van der Waals surface area (Å²) in [6.45, 7) is 0.625. The molecule has 0 fully saturated rings. The first-order valence-corrected chi connectivity index (χ1v) is 6.77. The normalized spacial score (nSPS) is 14.2. The van der Waals surface area contributed by atoms with Gasteiger partial charge in [0.15, 0.2) is 0 Å². The van der Waals surface area contributed by atoms with E-state index in [1.54, 1.807) is 12.1 Å². The largest absolute Gasteiger partial charge is 0.377 e. The Bertz CT molecular complexity index is 589. The minimum Gasteiger partial charge on any atom is -0.377 e. The summed E-state index contributed by atoms with van der Waals surface area (Å²) in [6.07, 6.45) is 4.62. The van der Waals surface area contributed by atoms with Gasteiger partial charge in [0.25, 0.3) is 0 Å².